The largest absolute Gasteiger partial charge is 0.235 e. The maximum Gasteiger partial charge on any atom is 0.231 e. The predicted molar refractivity (Wildman–Crippen MR) is 65.2 cm³/mol. The van der Waals surface area contributed by atoms with Crippen LogP contribution in [0.4, 0.5) is 0 Å². The summed E-state index contributed by atoms with van der Waals surface area (Å²) in [5.41, 5.74) is 5.68. The Balaban J connectivity index is 2.55. The van der Waals surface area contributed by atoms with Crippen LogP contribution in [0.15, 0.2) is 42.5 Å². The van der Waals surface area contributed by atoms with Crippen LogP contribution in [0.25, 0.3) is 22.1 Å². The fraction of sp³-hybridized carbons (Fsp3) is 0.143. The first-order valence-electron chi connectivity index (χ1n) is 5.41. The highest BCUT2D eigenvalue weighted by atomic mass is 15.0. The van der Waals surface area contributed by atoms with Crippen molar-refractivity contribution in [3.05, 3.63) is 48.0 Å². The first kappa shape index (κ1) is 9.28. The van der Waals surface area contributed by atoms with Crippen LogP contribution >= 0.6 is 0 Å². The number of hydrogen-bond acceptors (Lipinski definition) is 1. The van der Waals surface area contributed by atoms with Crippen LogP contribution in [-0.2, 0) is 7.05 Å². The molecule has 1 aromatic heterocycles. The molecule has 2 aromatic carbocycles. The normalized spacial score (nSPS) is 11.1. The summed E-state index contributed by atoms with van der Waals surface area (Å²) in [4.78, 5) is 4.68. The van der Waals surface area contributed by atoms with Gasteiger partial charge in [-0.15, -0.1) is 0 Å². The number of fused-ring (bicyclic) bond motifs is 2. The molecule has 78 valence electrons. The molecule has 0 aliphatic carbocycles. The second-order valence-electron chi connectivity index (χ2n) is 4.15. The molecular weight excluding hydrogens is 196 g/mol. The molecule has 2 nitrogen and oxygen atoms in total. The van der Waals surface area contributed by atoms with Crippen molar-refractivity contribution in [3.8, 4) is 0 Å². The van der Waals surface area contributed by atoms with Gasteiger partial charge in [-0.2, -0.15) is 4.57 Å². The lowest BCUT2D eigenvalue weighted by molar-refractivity contribution is -0.617. The molecule has 0 fully saturated rings. The summed E-state index contributed by atoms with van der Waals surface area (Å²) in [6.45, 7) is 2.09. The number of rotatable bonds is 0. The Morgan fingerprint density at radius 2 is 1.69 bits per heavy atom. The molecule has 0 saturated carbocycles. The summed E-state index contributed by atoms with van der Waals surface area (Å²) in [6, 6.07) is 14.6. The molecule has 16 heavy (non-hydrogen) atoms. The van der Waals surface area contributed by atoms with Crippen LogP contribution in [-0.4, -0.2) is 4.98 Å². The van der Waals surface area contributed by atoms with Crippen molar-refractivity contribution in [3.63, 3.8) is 0 Å². The first-order valence-corrected chi connectivity index (χ1v) is 5.41. The van der Waals surface area contributed by atoms with E-state index in [1.807, 2.05) is 12.1 Å². The molecule has 2 heteroatoms. The van der Waals surface area contributed by atoms with Crippen molar-refractivity contribution in [1.82, 2.24) is 4.98 Å². The van der Waals surface area contributed by atoms with E-state index in [1.54, 1.807) is 0 Å². The molecule has 0 aliphatic rings. The van der Waals surface area contributed by atoms with Crippen molar-refractivity contribution in [2.75, 3.05) is 0 Å². The Morgan fingerprint density at radius 1 is 0.938 bits per heavy atom. The lowest BCUT2D eigenvalue weighted by Gasteiger charge is -2.01. The fourth-order valence-electron chi connectivity index (χ4n) is 2.11. The average Bonchev–Trinajstić information content (AvgIpc) is 2.29. The van der Waals surface area contributed by atoms with E-state index >= 15 is 0 Å². The van der Waals surface area contributed by atoms with Gasteiger partial charge in [0.25, 0.3) is 0 Å². The van der Waals surface area contributed by atoms with Gasteiger partial charge >= 0.3 is 0 Å². The van der Waals surface area contributed by atoms with E-state index in [-0.39, 0.29) is 0 Å². The lowest BCUT2D eigenvalue weighted by atomic mass is 10.2. The second-order valence-corrected chi connectivity index (χ2v) is 4.15. The number of nitrogens with zero attached hydrogens (tertiary/aromatic N) is 2. The molecule has 3 aromatic rings. The van der Waals surface area contributed by atoms with E-state index in [9.17, 15) is 0 Å². The van der Waals surface area contributed by atoms with Gasteiger partial charge < -0.3 is 0 Å². The Kier molecular flexibility index (Phi) is 1.90. The van der Waals surface area contributed by atoms with Gasteiger partial charge in [-0.1, -0.05) is 18.2 Å². The van der Waals surface area contributed by atoms with Crippen molar-refractivity contribution in [1.29, 1.82) is 0 Å². The van der Waals surface area contributed by atoms with E-state index in [2.05, 4.69) is 53.9 Å². The Hall–Kier alpha value is -1.96. The molecule has 0 aliphatic heterocycles. The van der Waals surface area contributed by atoms with Crippen LogP contribution in [0.2, 0.25) is 0 Å². The quantitative estimate of drug-likeness (QED) is 0.410. The Bertz CT molecular complexity index is 687. The third-order valence-corrected chi connectivity index (χ3v) is 2.98. The number of para-hydroxylation sites is 2. The minimum Gasteiger partial charge on any atom is -0.235 e. The molecule has 0 N–H and O–H groups in total. The van der Waals surface area contributed by atoms with Crippen molar-refractivity contribution in [2.24, 2.45) is 7.05 Å². The van der Waals surface area contributed by atoms with Gasteiger partial charge in [0.15, 0.2) is 0 Å². The number of aryl methyl sites for hydroxylation is 2. The Labute approximate surface area is 94.2 Å². The van der Waals surface area contributed by atoms with E-state index in [1.165, 1.54) is 16.6 Å². The number of hydrogen-bond donors (Lipinski definition) is 0. The second kappa shape index (κ2) is 3.27. The Morgan fingerprint density at radius 3 is 2.56 bits per heavy atom. The maximum absolute atomic E-state index is 4.68. The molecule has 0 bridgehead atoms. The topological polar surface area (TPSA) is 16.8 Å². The van der Waals surface area contributed by atoms with Crippen LogP contribution in [0.5, 0.6) is 0 Å². The van der Waals surface area contributed by atoms with Gasteiger partial charge in [-0.05, 0) is 24.6 Å². The van der Waals surface area contributed by atoms with Crippen LogP contribution in [0, 0.1) is 6.92 Å². The highest BCUT2D eigenvalue weighted by Gasteiger charge is 2.11. The summed E-state index contributed by atoms with van der Waals surface area (Å²) in [6.07, 6.45) is 0. The van der Waals surface area contributed by atoms with Crippen molar-refractivity contribution < 1.29 is 4.57 Å². The summed E-state index contributed by atoms with van der Waals surface area (Å²) in [7, 11) is 2.08. The van der Waals surface area contributed by atoms with Gasteiger partial charge in [0, 0.05) is 12.1 Å². The smallest absolute Gasteiger partial charge is 0.231 e. The molecule has 0 radical (unpaired) electrons. The van der Waals surface area contributed by atoms with Gasteiger partial charge in [0.2, 0.25) is 11.0 Å². The van der Waals surface area contributed by atoms with E-state index in [0.29, 0.717) is 0 Å². The summed E-state index contributed by atoms with van der Waals surface area (Å²) in [5, 5.41) is 0. The predicted octanol–water partition coefficient (Wildman–Crippen LogP) is 2.52. The SMILES string of the molecule is Cc1ccc2c(c1)nc1ccccc1[n+]2C. The van der Waals surface area contributed by atoms with Crippen molar-refractivity contribution in [2.45, 2.75) is 6.92 Å². The van der Waals surface area contributed by atoms with Crippen molar-refractivity contribution >= 4 is 22.1 Å². The molecule has 0 amide bonds. The zero-order valence-electron chi connectivity index (χ0n) is 9.44. The van der Waals surface area contributed by atoms with E-state index in [4.69, 9.17) is 0 Å². The summed E-state index contributed by atoms with van der Waals surface area (Å²) >= 11 is 0. The van der Waals surface area contributed by atoms with Gasteiger partial charge in [-0.3, -0.25) is 0 Å². The van der Waals surface area contributed by atoms with Gasteiger partial charge in [0.1, 0.15) is 18.1 Å². The summed E-state index contributed by atoms with van der Waals surface area (Å²) < 4.78 is 2.19. The zero-order valence-corrected chi connectivity index (χ0v) is 9.44. The molecule has 0 spiro atoms. The molecular formula is C14H13N2+. The minimum atomic E-state index is 1.04. The van der Waals surface area contributed by atoms with E-state index < -0.39 is 0 Å². The molecule has 3 rings (SSSR count). The zero-order chi connectivity index (χ0) is 11.1. The minimum absolute atomic E-state index is 1.04. The highest BCUT2D eigenvalue weighted by molar-refractivity contribution is 5.81. The third kappa shape index (κ3) is 1.27. The monoisotopic (exact) mass is 209 g/mol. The van der Waals surface area contributed by atoms with Gasteiger partial charge in [-0.25, -0.2) is 4.98 Å². The highest BCUT2D eigenvalue weighted by Crippen LogP contribution is 2.14. The molecule has 1 heterocycles. The molecule has 0 unspecified atom stereocenters. The number of benzene rings is 2. The average molecular weight is 209 g/mol. The maximum atomic E-state index is 4.68. The van der Waals surface area contributed by atoms with E-state index in [0.717, 1.165) is 11.0 Å². The first-order chi connectivity index (χ1) is 7.75. The molecule has 0 saturated heterocycles. The summed E-state index contributed by atoms with van der Waals surface area (Å²) in [5.74, 6) is 0. The lowest BCUT2D eigenvalue weighted by Crippen LogP contribution is -2.30. The fourth-order valence-corrected chi connectivity index (χ4v) is 2.11. The van der Waals surface area contributed by atoms with Crippen LogP contribution in [0.1, 0.15) is 5.56 Å². The van der Waals surface area contributed by atoms with Crippen LogP contribution < -0.4 is 4.57 Å². The standard InChI is InChI=1S/C14H13N2/c1-10-7-8-14-12(9-10)15-11-5-3-4-6-13(11)16(14)2/h3-9H,1-2H3/q+1. The molecule has 0 atom stereocenters. The third-order valence-electron chi connectivity index (χ3n) is 2.98. The van der Waals surface area contributed by atoms with Gasteiger partial charge in [0.05, 0.1) is 0 Å². The van der Waals surface area contributed by atoms with Crippen LogP contribution in [0.3, 0.4) is 0 Å². The number of aromatic nitrogens is 2.